The molecule has 1 aromatic rings. The van der Waals surface area contributed by atoms with Crippen molar-refractivity contribution in [3.05, 3.63) is 16.4 Å². The number of ether oxygens (including phenoxy) is 1. The van der Waals surface area contributed by atoms with Gasteiger partial charge in [0.05, 0.1) is 6.61 Å². The molecule has 0 aliphatic rings. The maximum Gasteiger partial charge on any atom is 0.519 e. The van der Waals surface area contributed by atoms with Gasteiger partial charge in [-0.2, -0.15) is 13.2 Å². The number of alkyl halides is 3. The minimum Gasteiger partial charge on any atom is -0.479 e. The maximum atomic E-state index is 12.9. The Kier molecular flexibility index (Phi) is 5.84. The molecular formula is C10H10F3NO5S2. The zero-order chi connectivity index (χ0) is 16.2. The summed E-state index contributed by atoms with van der Waals surface area (Å²) in [5.41, 5.74) is 0. The lowest BCUT2D eigenvalue weighted by Gasteiger charge is -2.18. The number of carbonyl (C=O) groups excluding carboxylic acids is 1. The van der Waals surface area contributed by atoms with Crippen molar-refractivity contribution in [2.45, 2.75) is 31.2 Å². The highest BCUT2D eigenvalue weighted by Crippen LogP contribution is 2.37. The predicted molar refractivity (Wildman–Crippen MR) is 69.9 cm³/mol. The van der Waals surface area contributed by atoms with Crippen molar-refractivity contribution in [2.24, 2.45) is 0 Å². The van der Waals surface area contributed by atoms with Crippen LogP contribution in [0.25, 0.3) is 0 Å². The molecule has 21 heavy (non-hydrogen) atoms. The highest BCUT2D eigenvalue weighted by atomic mass is 32.2. The molecule has 0 radical (unpaired) electrons. The number of hydrogen-bond acceptors (Lipinski definition) is 7. The molecule has 0 fully saturated rings. The molecule has 1 N–H and O–H groups in total. The van der Waals surface area contributed by atoms with Gasteiger partial charge in [0.2, 0.25) is 15.4 Å². The van der Waals surface area contributed by atoms with Gasteiger partial charge in [0.1, 0.15) is 0 Å². The van der Waals surface area contributed by atoms with E-state index in [-0.39, 0.29) is 11.0 Å². The molecule has 1 unspecified atom stereocenters. The van der Waals surface area contributed by atoms with Crippen LogP contribution in [0.4, 0.5) is 13.2 Å². The minimum absolute atomic E-state index is 0.146. The third-order valence-electron chi connectivity index (χ3n) is 1.95. The normalized spacial score (nSPS) is 12.8. The molecule has 118 valence electrons. The van der Waals surface area contributed by atoms with E-state index in [0.717, 1.165) is 6.92 Å². The Morgan fingerprint density at radius 1 is 1.48 bits per heavy atom. The number of hydrogen-bond donors (Lipinski definition) is 1. The van der Waals surface area contributed by atoms with E-state index >= 15 is 0 Å². The van der Waals surface area contributed by atoms with Crippen LogP contribution in [-0.2, 0) is 9.53 Å². The molecule has 1 rings (SSSR count). The van der Waals surface area contributed by atoms with Crippen LogP contribution in [0.15, 0.2) is 18.7 Å². The van der Waals surface area contributed by atoms with Gasteiger partial charge in [-0.3, -0.25) is 4.79 Å². The van der Waals surface area contributed by atoms with Gasteiger partial charge in [-0.25, -0.2) is 4.79 Å². The Morgan fingerprint density at radius 2 is 2.10 bits per heavy atom. The lowest BCUT2D eigenvalue weighted by atomic mass is 10.2. The minimum atomic E-state index is -4.88. The van der Waals surface area contributed by atoms with Crippen molar-refractivity contribution in [2.75, 3.05) is 6.61 Å². The van der Waals surface area contributed by atoms with Crippen molar-refractivity contribution in [3.63, 3.8) is 0 Å². The van der Waals surface area contributed by atoms with Crippen molar-refractivity contribution in [1.82, 2.24) is 5.32 Å². The first kappa shape index (κ1) is 17.6. The Morgan fingerprint density at radius 3 is 2.57 bits per heavy atom. The summed E-state index contributed by atoms with van der Waals surface area (Å²) in [5.74, 6) is -3.18. The SMILES string of the molecule is CCOC(=S)Sc1oc(=O)oc1C(NC(C)=O)C(F)(F)F. The van der Waals surface area contributed by atoms with E-state index < -0.39 is 34.8 Å². The van der Waals surface area contributed by atoms with Gasteiger partial charge in [0, 0.05) is 18.7 Å². The van der Waals surface area contributed by atoms with E-state index in [1.54, 1.807) is 12.2 Å². The van der Waals surface area contributed by atoms with E-state index in [4.69, 9.17) is 17.0 Å². The topological polar surface area (TPSA) is 81.7 Å². The van der Waals surface area contributed by atoms with Crippen molar-refractivity contribution in [3.8, 4) is 0 Å². The van der Waals surface area contributed by atoms with Crippen LogP contribution in [0, 0.1) is 0 Å². The highest BCUT2D eigenvalue weighted by molar-refractivity contribution is 8.22. The molecule has 1 aromatic heterocycles. The Bertz CT molecular complexity index is 580. The summed E-state index contributed by atoms with van der Waals surface area (Å²) in [6.45, 7) is 2.71. The van der Waals surface area contributed by atoms with Gasteiger partial charge in [0.25, 0.3) is 0 Å². The smallest absolute Gasteiger partial charge is 0.479 e. The van der Waals surface area contributed by atoms with Crippen LogP contribution < -0.4 is 11.1 Å². The van der Waals surface area contributed by atoms with E-state index in [9.17, 15) is 22.8 Å². The average molecular weight is 345 g/mol. The number of nitrogens with one attached hydrogen (secondary N) is 1. The van der Waals surface area contributed by atoms with Crippen LogP contribution in [0.1, 0.15) is 25.6 Å². The van der Waals surface area contributed by atoms with Crippen molar-refractivity contribution >= 4 is 34.3 Å². The summed E-state index contributed by atoms with van der Waals surface area (Å²) in [4.78, 5) is 22.0. The number of thiocarbonyl (C=S) groups is 1. The molecule has 0 spiro atoms. The molecule has 0 aromatic carbocycles. The summed E-state index contributed by atoms with van der Waals surface area (Å²) < 4.78 is 52.5. The molecule has 1 heterocycles. The van der Waals surface area contributed by atoms with Crippen molar-refractivity contribution in [1.29, 1.82) is 0 Å². The van der Waals surface area contributed by atoms with Crippen molar-refractivity contribution < 1.29 is 31.5 Å². The fourth-order valence-electron chi connectivity index (χ4n) is 1.25. The maximum absolute atomic E-state index is 12.9. The lowest BCUT2D eigenvalue weighted by molar-refractivity contribution is -0.166. The summed E-state index contributed by atoms with van der Waals surface area (Å²) >= 11 is 5.22. The molecule has 0 bridgehead atoms. The molecule has 11 heteroatoms. The Balaban J connectivity index is 3.16. The van der Waals surface area contributed by atoms with Gasteiger partial charge in [0.15, 0.2) is 11.8 Å². The van der Waals surface area contributed by atoms with E-state index in [2.05, 4.69) is 8.83 Å². The van der Waals surface area contributed by atoms with Gasteiger partial charge in [-0.15, -0.1) is 0 Å². The monoisotopic (exact) mass is 345 g/mol. The molecule has 0 aliphatic heterocycles. The fourth-order valence-corrected chi connectivity index (χ4v) is 2.29. The number of thioether (sulfide) groups is 1. The summed E-state index contributed by atoms with van der Waals surface area (Å²) in [6.07, 6.45) is -4.88. The quantitative estimate of drug-likeness (QED) is 0.663. The number of amides is 1. The largest absolute Gasteiger partial charge is 0.519 e. The molecule has 0 saturated carbocycles. The summed E-state index contributed by atoms with van der Waals surface area (Å²) in [6, 6.07) is -2.52. The second-order valence-corrected chi connectivity index (χ2v) is 5.14. The van der Waals surface area contributed by atoms with Gasteiger partial charge in [-0.1, -0.05) is 0 Å². The van der Waals surface area contributed by atoms with Crippen LogP contribution in [0.2, 0.25) is 0 Å². The van der Waals surface area contributed by atoms with Crippen LogP contribution in [0.3, 0.4) is 0 Å². The zero-order valence-electron chi connectivity index (χ0n) is 10.8. The summed E-state index contributed by atoms with van der Waals surface area (Å²) in [7, 11) is 0. The molecule has 6 nitrogen and oxygen atoms in total. The lowest BCUT2D eigenvalue weighted by Crippen LogP contribution is -2.37. The molecule has 0 saturated heterocycles. The Hall–Kier alpha value is -1.49. The van der Waals surface area contributed by atoms with E-state index in [1.165, 1.54) is 0 Å². The van der Waals surface area contributed by atoms with E-state index in [0.29, 0.717) is 11.8 Å². The average Bonchev–Trinajstić information content (AvgIpc) is 2.65. The first-order chi connectivity index (χ1) is 9.65. The standard InChI is InChI=1S/C10H10F3NO5S2/c1-3-17-9(20)21-7-5(18-8(16)19-7)6(10(11,12)13)14-4(2)15/h6H,3H2,1-2H3,(H,14,15). The van der Waals surface area contributed by atoms with Gasteiger partial charge >= 0.3 is 12.0 Å². The third-order valence-corrected chi connectivity index (χ3v) is 3.07. The predicted octanol–water partition coefficient (Wildman–Crippen LogP) is 2.39. The molecule has 0 aliphatic carbocycles. The number of halogens is 3. The Labute approximate surface area is 126 Å². The number of carbonyl (C=O) groups is 1. The molecular weight excluding hydrogens is 335 g/mol. The first-order valence-electron chi connectivity index (χ1n) is 5.47. The molecule has 1 amide bonds. The second kappa shape index (κ2) is 6.98. The van der Waals surface area contributed by atoms with E-state index in [1.807, 2.05) is 0 Å². The van der Waals surface area contributed by atoms with Crippen LogP contribution >= 0.6 is 24.0 Å². The second-order valence-electron chi connectivity index (χ2n) is 3.57. The number of rotatable bonds is 4. The summed E-state index contributed by atoms with van der Waals surface area (Å²) in [5, 5.41) is 1.12. The highest BCUT2D eigenvalue weighted by Gasteiger charge is 2.46. The van der Waals surface area contributed by atoms with Crippen LogP contribution in [0.5, 0.6) is 0 Å². The molecule has 1 atom stereocenters. The fraction of sp³-hybridized carbons (Fsp3) is 0.500. The van der Waals surface area contributed by atoms with Gasteiger partial charge < -0.3 is 18.9 Å². The zero-order valence-corrected chi connectivity index (χ0v) is 12.4. The van der Waals surface area contributed by atoms with Crippen LogP contribution in [-0.4, -0.2) is 23.1 Å². The van der Waals surface area contributed by atoms with Gasteiger partial charge in [-0.05, 0) is 19.1 Å². The first-order valence-corrected chi connectivity index (χ1v) is 6.69. The third kappa shape index (κ3) is 5.08.